The molecule has 0 saturated carbocycles. The molecule has 84 valence electrons. The molecule has 0 aliphatic carbocycles. The third-order valence-corrected chi connectivity index (χ3v) is 3.55. The molecule has 1 aromatic heterocycles. The summed E-state index contributed by atoms with van der Waals surface area (Å²) in [6.07, 6.45) is 3.79. The minimum absolute atomic E-state index is 1.22. The van der Waals surface area contributed by atoms with Crippen LogP contribution in [0.1, 0.15) is 0 Å². The standard InChI is InChI=1S/C17H11N/c1-2-4-14-12(3-1)5-8-16-15(14)7-6-13-9-10-18-11-17(13)16/h1-11H. The Kier molecular flexibility index (Phi) is 1.89. The highest BCUT2D eigenvalue weighted by atomic mass is 14.6. The maximum absolute atomic E-state index is 4.24. The Balaban J connectivity index is 2.31. The lowest BCUT2D eigenvalue weighted by Gasteiger charge is -2.06. The van der Waals surface area contributed by atoms with Crippen LogP contribution in [0.25, 0.3) is 32.3 Å². The number of hydrogen-bond acceptors (Lipinski definition) is 1. The van der Waals surface area contributed by atoms with Crippen LogP contribution in [0, 0.1) is 0 Å². The lowest BCUT2D eigenvalue weighted by molar-refractivity contribution is 1.37. The Morgan fingerprint density at radius 2 is 1.28 bits per heavy atom. The van der Waals surface area contributed by atoms with Crippen molar-refractivity contribution < 1.29 is 0 Å². The van der Waals surface area contributed by atoms with Gasteiger partial charge in [0.15, 0.2) is 0 Å². The summed E-state index contributed by atoms with van der Waals surface area (Å²) < 4.78 is 0. The average Bonchev–Trinajstić information content (AvgIpc) is 2.46. The molecule has 1 heterocycles. The van der Waals surface area contributed by atoms with Crippen molar-refractivity contribution in [3.63, 3.8) is 0 Å². The zero-order chi connectivity index (χ0) is 11.9. The fraction of sp³-hybridized carbons (Fsp3) is 0. The fourth-order valence-corrected chi connectivity index (χ4v) is 2.66. The summed E-state index contributed by atoms with van der Waals surface area (Å²) in [5.74, 6) is 0. The van der Waals surface area contributed by atoms with E-state index in [1.165, 1.54) is 32.3 Å². The number of hydrogen-bond donors (Lipinski definition) is 0. The zero-order valence-electron chi connectivity index (χ0n) is 9.80. The molecule has 1 nitrogen and oxygen atoms in total. The first-order valence-corrected chi connectivity index (χ1v) is 6.08. The molecule has 3 aromatic carbocycles. The molecular formula is C17H11N. The minimum Gasteiger partial charge on any atom is -0.264 e. The van der Waals surface area contributed by atoms with Crippen LogP contribution in [0.3, 0.4) is 0 Å². The molecule has 0 amide bonds. The van der Waals surface area contributed by atoms with Crippen LogP contribution >= 0.6 is 0 Å². The maximum atomic E-state index is 4.24. The molecule has 4 rings (SSSR count). The first-order valence-electron chi connectivity index (χ1n) is 6.08. The second kappa shape index (κ2) is 3.54. The summed E-state index contributed by atoms with van der Waals surface area (Å²) in [6.45, 7) is 0. The maximum Gasteiger partial charge on any atom is 0.0352 e. The quantitative estimate of drug-likeness (QED) is 0.403. The largest absolute Gasteiger partial charge is 0.264 e. The lowest BCUT2D eigenvalue weighted by Crippen LogP contribution is -1.81. The van der Waals surface area contributed by atoms with E-state index in [0.717, 1.165) is 0 Å². The van der Waals surface area contributed by atoms with Gasteiger partial charge in [0.2, 0.25) is 0 Å². The summed E-state index contributed by atoms with van der Waals surface area (Å²) >= 11 is 0. The molecule has 0 aliphatic rings. The van der Waals surface area contributed by atoms with Crippen LogP contribution in [0.15, 0.2) is 67.0 Å². The number of benzene rings is 3. The predicted octanol–water partition coefficient (Wildman–Crippen LogP) is 4.54. The summed E-state index contributed by atoms with van der Waals surface area (Å²) in [7, 11) is 0. The number of aromatic nitrogens is 1. The molecule has 0 radical (unpaired) electrons. The van der Waals surface area contributed by atoms with Gasteiger partial charge in [-0.15, -0.1) is 0 Å². The Hall–Kier alpha value is -2.41. The fourth-order valence-electron chi connectivity index (χ4n) is 2.66. The second-order valence-corrected chi connectivity index (χ2v) is 4.54. The van der Waals surface area contributed by atoms with Gasteiger partial charge in [0.1, 0.15) is 0 Å². The van der Waals surface area contributed by atoms with Gasteiger partial charge in [-0.3, -0.25) is 4.98 Å². The molecule has 1 heteroatoms. The predicted molar refractivity (Wildman–Crippen MR) is 76.8 cm³/mol. The van der Waals surface area contributed by atoms with Crippen molar-refractivity contribution in [2.45, 2.75) is 0 Å². The average molecular weight is 229 g/mol. The van der Waals surface area contributed by atoms with E-state index in [2.05, 4.69) is 59.6 Å². The van der Waals surface area contributed by atoms with Crippen molar-refractivity contribution in [1.82, 2.24) is 4.98 Å². The first kappa shape index (κ1) is 9.60. The van der Waals surface area contributed by atoms with Crippen LogP contribution < -0.4 is 0 Å². The van der Waals surface area contributed by atoms with E-state index < -0.39 is 0 Å². The van der Waals surface area contributed by atoms with Crippen molar-refractivity contribution in [3.8, 4) is 0 Å². The van der Waals surface area contributed by atoms with E-state index in [0.29, 0.717) is 0 Å². The Morgan fingerprint density at radius 1 is 0.556 bits per heavy atom. The molecule has 0 saturated heterocycles. The SMILES string of the molecule is c1ccc2c(c1)ccc1c3cnccc3ccc21. The van der Waals surface area contributed by atoms with Crippen molar-refractivity contribution >= 4 is 32.3 Å². The van der Waals surface area contributed by atoms with Gasteiger partial charge < -0.3 is 0 Å². The smallest absolute Gasteiger partial charge is 0.0352 e. The van der Waals surface area contributed by atoms with Gasteiger partial charge in [-0.1, -0.05) is 48.5 Å². The van der Waals surface area contributed by atoms with Gasteiger partial charge in [-0.05, 0) is 33.0 Å². The van der Waals surface area contributed by atoms with E-state index >= 15 is 0 Å². The van der Waals surface area contributed by atoms with E-state index in [4.69, 9.17) is 0 Å². The molecule has 0 fully saturated rings. The monoisotopic (exact) mass is 229 g/mol. The Morgan fingerprint density at radius 3 is 2.17 bits per heavy atom. The van der Waals surface area contributed by atoms with Crippen molar-refractivity contribution in [2.24, 2.45) is 0 Å². The molecule has 0 atom stereocenters. The minimum atomic E-state index is 1.22. The van der Waals surface area contributed by atoms with Crippen LogP contribution in [-0.2, 0) is 0 Å². The van der Waals surface area contributed by atoms with Gasteiger partial charge in [-0.2, -0.15) is 0 Å². The molecule has 4 aromatic rings. The summed E-state index contributed by atoms with van der Waals surface area (Å²) in [4.78, 5) is 4.24. The van der Waals surface area contributed by atoms with Crippen LogP contribution in [0.5, 0.6) is 0 Å². The zero-order valence-corrected chi connectivity index (χ0v) is 9.80. The van der Waals surface area contributed by atoms with Gasteiger partial charge in [0.05, 0.1) is 0 Å². The highest BCUT2D eigenvalue weighted by Crippen LogP contribution is 2.30. The van der Waals surface area contributed by atoms with E-state index in [-0.39, 0.29) is 0 Å². The lowest BCUT2D eigenvalue weighted by atomic mass is 9.98. The molecule has 0 unspecified atom stereocenters. The molecule has 18 heavy (non-hydrogen) atoms. The third-order valence-electron chi connectivity index (χ3n) is 3.55. The van der Waals surface area contributed by atoms with E-state index in [9.17, 15) is 0 Å². The molecular weight excluding hydrogens is 218 g/mol. The van der Waals surface area contributed by atoms with Crippen LogP contribution in [0.2, 0.25) is 0 Å². The van der Waals surface area contributed by atoms with Crippen LogP contribution in [0.4, 0.5) is 0 Å². The third kappa shape index (κ3) is 1.25. The van der Waals surface area contributed by atoms with Gasteiger partial charge in [-0.25, -0.2) is 0 Å². The number of pyridine rings is 1. The van der Waals surface area contributed by atoms with Gasteiger partial charge in [0, 0.05) is 17.8 Å². The second-order valence-electron chi connectivity index (χ2n) is 4.54. The summed E-state index contributed by atoms with van der Waals surface area (Å²) in [5.41, 5.74) is 0. The molecule has 0 bridgehead atoms. The Bertz CT molecular complexity index is 803. The Labute approximate surface area is 105 Å². The summed E-state index contributed by atoms with van der Waals surface area (Å²) in [6, 6.07) is 19.3. The number of nitrogens with zero attached hydrogens (tertiary/aromatic N) is 1. The van der Waals surface area contributed by atoms with Crippen LogP contribution in [-0.4, -0.2) is 4.98 Å². The van der Waals surface area contributed by atoms with Gasteiger partial charge in [0.25, 0.3) is 0 Å². The highest BCUT2D eigenvalue weighted by Gasteiger charge is 2.03. The van der Waals surface area contributed by atoms with Crippen molar-refractivity contribution in [1.29, 1.82) is 0 Å². The van der Waals surface area contributed by atoms with E-state index in [1.54, 1.807) is 0 Å². The number of fused-ring (bicyclic) bond motifs is 5. The van der Waals surface area contributed by atoms with Gasteiger partial charge >= 0.3 is 0 Å². The number of rotatable bonds is 0. The normalized spacial score (nSPS) is 11.3. The van der Waals surface area contributed by atoms with Crippen molar-refractivity contribution in [3.05, 3.63) is 67.0 Å². The highest BCUT2D eigenvalue weighted by molar-refractivity contribution is 6.16. The summed E-state index contributed by atoms with van der Waals surface area (Å²) in [5, 5.41) is 7.63. The molecule has 0 N–H and O–H groups in total. The van der Waals surface area contributed by atoms with Crippen molar-refractivity contribution in [2.75, 3.05) is 0 Å². The topological polar surface area (TPSA) is 12.9 Å². The molecule has 0 aliphatic heterocycles. The van der Waals surface area contributed by atoms with E-state index in [1.807, 2.05) is 12.4 Å². The molecule has 0 spiro atoms. The first-order chi connectivity index (χ1) is 8.93.